The molecule has 2 atom stereocenters. The van der Waals surface area contributed by atoms with Crippen LogP contribution < -0.4 is 4.74 Å². The average Bonchev–Trinajstić information content (AvgIpc) is 2.87. The lowest BCUT2D eigenvalue weighted by Crippen LogP contribution is -2.43. The first-order valence-electron chi connectivity index (χ1n) is 7.58. The van der Waals surface area contributed by atoms with Crippen molar-refractivity contribution in [1.82, 2.24) is 4.90 Å². The molecule has 1 aromatic carbocycles. The Hall–Kier alpha value is -2.01. The number of amides is 1. The number of para-hydroxylation sites is 1. The number of carboxylic acids is 1. The maximum atomic E-state index is 12.1. The van der Waals surface area contributed by atoms with Crippen molar-refractivity contribution in [3.05, 3.63) is 41.1 Å². The fourth-order valence-corrected chi connectivity index (χ4v) is 2.59. The van der Waals surface area contributed by atoms with Crippen molar-refractivity contribution < 1.29 is 19.4 Å². The van der Waals surface area contributed by atoms with Gasteiger partial charge in [0.05, 0.1) is 11.6 Å². The van der Waals surface area contributed by atoms with Gasteiger partial charge in [0.1, 0.15) is 17.6 Å². The maximum Gasteiger partial charge on any atom is 0.326 e. The smallest absolute Gasteiger partial charge is 0.326 e. The van der Waals surface area contributed by atoms with Gasteiger partial charge in [-0.1, -0.05) is 44.0 Å². The molecule has 0 unspecified atom stereocenters. The quantitative estimate of drug-likeness (QED) is 0.828. The number of aliphatic carboxylic acids is 1. The number of hydrogen-bond donors (Lipinski definition) is 1. The predicted octanol–water partition coefficient (Wildman–Crippen LogP) is 3.33. The summed E-state index contributed by atoms with van der Waals surface area (Å²) in [6.45, 7) is 4.11. The van der Waals surface area contributed by atoms with Crippen LogP contribution in [0.3, 0.4) is 0 Å². The highest BCUT2D eigenvalue weighted by Crippen LogP contribution is 2.28. The van der Waals surface area contributed by atoms with E-state index in [0.717, 1.165) is 6.42 Å². The highest BCUT2D eigenvalue weighted by molar-refractivity contribution is 6.32. The fraction of sp³-hybridized carbons (Fsp3) is 0.412. The van der Waals surface area contributed by atoms with E-state index in [9.17, 15) is 14.7 Å². The van der Waals surface area contributed by atoms with Crippen LogP contribution in [0, 0.1) is 5.92 Å². The van der Waals surface area contributed by atoms with E-state index in [1.54, 1.807) is 24.3 Å². The average molecular weight is 338 g/mol. The molecule has 0 aliphatic carbocycles. The summed E-state index contributed by atoms with van der Waals surface area (Å²) in [6.07, 6.45) is 2.61. The van der Waals surface area contributed by atoms with Gasteiger partial charge >= 0.3 is 5.97 Å². The Morgan fingerprint density at radius 2 is 2.13 bits per heavy atom. The summed E-state index contributed by atoms with van der Waals surface area (Å²) in [4.78, 5) is 25.0. The third kappa shape index (κ3) is 4.26. The van der Waals surface area contributed by atoms with Crippen LogP contribution in [0.5, 0.6) is 5.75 Å². The normalized spacial score (nSPS) is 16.9. The number of carbonyl (C=O) groups excluding carboxylic acids is 1. The van der Waals surface area contributed by atoms with Crippen LogP contribution in [0.1, 0.15) is 26.7 Å². The molecule has 1 N–H and O–H groups in total. The first-order valence-corrected chi connectivity index (χ1v) is 7.96. The Labute approximate surface area is 140 Å². The van der Waals surface area contributed by atoms with E-state index in [1.807, 2.05) is 13.8 Å². The summed E-state index contributed by atoms with van der Waals surface area (Å²) < 4.78 is 5.64. The lowest BCUT2D eigenvalue weighted by atomic mass is 9.98. The molecular weight excluding hydrogens is 318 g/mol. The number of hydrogen-bond acceptors (Lipinski definition) is 3. The molecule has 0 aromatic heterocycles. The van der Waals surface area contributed by atoms with Gasteiger partial charge in [-0.2, -0.15) is 0 Å². The molecule has 2 rings (SSSR count). The van der Waals surface area contributed by atoms with Gasteiger partial charge in [0.25, 0.3) is 5.91 Å². The first-order chi connectivity index (χ1) is 10.9. The Morgan fingerprint density at radius 3 is 2.74 bits per heavy atom. The van der Waals surface area contributed by atoms with Crippen molar-refractivity contribution in [1.29, 1.82) is 0 Å². The van der Waals surface area contributed by atoms with Gasteiger partial charge in [0.2, 0.25) is 0 Å². The van der Waals surface area contributed by atoms with Gasteiger partial charge in [-0.05, 0) is 24.5 Å². The molecule has 0 saturated carbocycles. The molecule has 23 heavy (non-hydrogen) atoms. The maximum absolute atomic E-state index is 12.1. The molecule has 1 aromatic rings. The monoisotopic (exact) mass is 337 g/mol. The summed E-state index contributed by atoms with van der Waals surface area (Å²) in [6, 6.07) is 6.10. The van der Waals surface area contributed by atoms with Crippen molar-refractivity contribution in [2.45, 2.75) is 32.7 Å². The molecule has 1 aliphatic heterocycles. The molecule has 0 fully saturated rings. The second-order valence-corrected chi connectivity index (χ2v) is 6.12. The van der Waals surface area contributed by atoms with Gasteiger partial charge in [-0.25, -0.2) is 4.79 Å². The second-order valence-electron chi connectivity index (χ2n) is 5.71. The predicted molar refractivity (Wildman–Crippen MR) is 87.4 cm³/mol. The summed E-state index contributed by atoms with van der Waals surface area (Å²) in [7, 11) is 0. The lowest BCUT2D eigenvalue weighted by molar-refractivity contribution is -0.148. The molecule has 0 spiro atoms. The van der Waals surface area contributed by atoms with Crippen molar-refractivity contribution in [3.63, 3.8) is 0 Å². The molecule has 0 radical (unpaired) electrons. The van der Waals surface area contributed by atoms with Crippen LogP contribution in [0.2, 0.25) is 5.02 Å². The minimum atomic E-state index is -0.994. The van der Waals surface area contributed by atoms with Crippen LogP contribution in [0.15, 0.2) is 36.1 Å². The standard InChI is InChI=1S/C17H20ClNO4/c1-3-11(2)8-14(17(21)22)19-10-12(9-16(19)20)23-15-7-5-4-6-13(15)18/h4-7,9,11,14H,3,8,10H2,1-2H3,(H,21,22)/t11-,14+/m0/s1. The van der Waals surface area contributed by atoms with Crippen LogP contribution >= 0.6 is 11.6 Å². The lowest BCUT2D eigenvalue weighted by Gasteiger charge is -2.26. The van der Waals surface area contributed by atoms with Crippen molar-refractivity contribution in [2.75, 3.05) is 6.54 Å². The molecule has 6 heteroatoms. The third-order valence-corrected chi connectivity index (χ3v) is 4.27. The highest BCUT2D eigenvalue weighted by atomic mass is 35.5. The first kappa shape index (κ1) is 17.3. The molecule has 1 aliphatic rings. The van der Waals surface area contributed by atoms with Gasteiger partial charge in [0.15, 0.2) is 0 Å². The number of halogens is 1. The van der Waals surface area contributed by atoms with E-state index in [1.165, 1.54) is 11.0 Å². The third-order valence-electron chi connectivity index (χ3n) is 3.96. The summed E-state index contributed by atoms with van der Waals surface area (Å²) >= 11 is 6.03. The number of benzene rings is 1. The van der Waals surface area contributed by atoms with Crippen molar-refractivity contribution in [3.8, 4) is 5.75 Å². The van der Waals surface area contributed by atoms with E-state index < -0.39 is 12.0 Å². The molecule has 124 valence electrons. The van der Waals surface area contributed by atoms with Crippen molar-refractivity contribution in [2.24, 2.45) is 5.92 Å². The molecule has 5 nitrogen and oxygen atoms in total. The van der Waals surface area contributed by atoms with Crippen LogP contribution in [0.4, 0.5) is 0 Å². The molecular formula is C17H20ClNO4. The van der Waals surface area contributed by atoms with E-state index in [-0.39, 0.29) is 18.4 Å². The summed E-state index contributed by atoms with van der Waals surface area (Å²) in [5, 5.41) is 9.88. The van der Waals surface area contributed by atoms with Crippen LogP contribution in [0.25, 0.3) is 0 Å². The zero-order valence-electron chi connectivity index (χ0n) is 13.2. The van der Waals surface area contributed by atoms with Crippen LogP contribution in [-0.2, 0) is 9.59 Å². The molecule has 1 heterocycles. The molecule has 1 amide bonds. The second kappa shape index (κ2) is 7.51. The van der Waals surface area contributed by atoms with E-state index in [4.69, 9.17) is 16.3 Å². The number of rotatable bonds is 7. The fourth-order valence-electron chi connectivity index (χ4n) is 2.42. The molecule has 0 saturated heterocycles. The number of ether oxygens (including phenoxy) is 1. The number of carboxylic acid groups (broad SMARTS) is 1. The van der Waals surface area contributed by atoms with Gasteiger partial charge in [-0.3, -0.25) is 4.79 Å². The van der Waals surface area contributed by atoms with Gasteiger partial charge in [-0.15, -0.1) is 0 Å². The zero-order valence-corrected chi connectivity index (χ0v) is 13.9. The Bertz CT molecular complexity index is 629. The number of carbonyl (C=O) groups is 2. The Kier molecular flexibility index (Phi) is 5.66. The Balaban J connectivity index is 2.09. The SMILES string of the molecule is CC[C@H](C)C[C@H](C(=O)O)N1CC(Oc2ccccc2Cl)=CC1=O. The number of nitrogens with zero attached hydrogens (tertiary/aromatic N) is 1. The summed E-state index contributed by atoms with van der Waals surface area (Å²) in [5.74, 6) is -0.270. The summed E-state index contributed by atoms with van der Waals surface area (Å²) in [5.41, 5.74) is 0. The topological polar surface area (TPSA) is 66.8 Å². The van der Waals surface area contributed by atoms with Gasteiger partial charge < -0.3 is 14.7 Å². The zero-order chi connectivity index (χ0) is 17.0. The van der Waals surface area contributed by atoms with E-state index >= 15 is 0 Å². The largest absolute Gasteiger partial charge is 0.480 e. The minimum Gasteiger partial charge on any atom is -0.480 e. The highest BCUT2D eigenvalue weighted by Gasteiger charge is 2.34. The minimum absolute atomic E-state index is 0.136. The van der Waals surface area contributed by atoms with Crippen LogP contribution in [-0.4, -0.2) is 34.5 Å². The van der Waals surface area contributed by atoms with Gasteiger partial charge in [0, 0.05) is 6.08 Å². The van der Waals surface area contributed by atoms with Crippen molar-refractivity contribution >= 4 is 23.5 Å². The van der Waals surface area contributed by atoms with E-state index in [2.05, 4.69) is 0 Å². The van der Waals surface area contributed by atoms with E-state index in [0.29, 0.717) is 23.0 Å². The Morgan fingerprint density at radius 1 is 1.43 bits per heavy atom. The molecule has 0 bridgehead atoms.